The Hall–Kier alpha value is 2.73. The summed E-state index contributed by atoms with van der Waals surface area (Å²) in [4.78, 5) is 0.708. The first kappa shape index (κ1) is 30.9. The number of hydrogen-bond acceptors (Lipinski definition) is 0. The van der Waals surface area contributed by atoms with Crippen molar-refractivity contribution in [1.82, 2.24) is 0 Å². The van der Waals surface area contributed by atoms with E-state index in [1.807, 2.05) is 0 Å². The molecule has 5 heteroatoms. The third kappa shape index (κ3) is 70.1. The van der Waals surface area contributed by atoms with Crippen LogP contribution in [-0.2, 0) is 0 Å². The van der Waals surface area contributed by atoms with Gasteiger partial charge in [0.05, 0.1) is 0 Å². The Bertz CT molecular complexity index is 19.2. The Balaban J connectivity index is -0.00000000750. The van der Waals surface area contributed by atoms with Crippen molar-refractivity contribution in [1.29, 1.82) is 0 Å². The minimum Gasteiger partial charge on any atom is -1.00 e. The van der Waals surface area contributed by atoms with Gasteiger partial charge in [-0.15, -0.1) is 0 Å². The first-order valence-electron chi connectivity index (χ1n) is 1.39. The van der Waals surface area contributed by atoms with Gasteiger partial charge in [0.1, 0.15) is 0 Å². The summed E-state index contributed by atoms with van der Waals surface area (Å²) in [7, 11) is 0. The summed E-state index contributed by atoms with van der Waals surface area (Å²) in [5.41, 5.74) is 0. The van der Waals surface area contributed by atoms with Gasteiger partial charge in [-0.3, -0.25) is 0 Å². The fourth-order valence-corrected chi connectivity index (χ4v) is 0. The number of rotatable bonds is 0. The molecule has 0 aromatic carbocycles. The molecular weight excluding hydrogens is 379 g/mol. The van der Waals surface area contributed by atoms with Crippen LogP contribution in [0, 0.1) is 0 Å². The van der Waals surface area contributed by atoms with Gasteiger partial charge >= 0.3 is 57.7 Å². The second-order valence-electron chi connectivity index (χ2n) is 1.05. The van der Waals surface area contributed by atoms with Crippen LogP contribution in [0.25, 0.3) is 0 Å². The van der Waals surface area contributed by atoms with E-state index in [0.29, 0.717) is 4.82 Å². The third-order valence-electron chi connectivity index (χ3n) is 0. The van der Waals surface area contributed by atoms with Crippen LogP contribution in [0.3, 0.4) is 0 Å². The smallest absolute Gasteiger partial charge is 1.00 e. The van der Waals surface area contributed by atoms with E-state index in [1.54, 1.807) is 0 Å². The Morgan fingerprint density at radius 3 is 1.00 bits per heavy atom. The van der Waals surface area contributed by atoms with Crippen LogP contribution in [0.1, 0.15) is 13.8 Å². The molecule has 0 bridgehead atoms. The summed E-state index contributed by atoms with van der Waals surface area (Å²) >= 11 is 2.90. The molecule has 0 aromatic heterocycles. The van der Waals surface area contributed by atoms with Gasteiger partial charge in [-0.05, 0) is 0 Å². The molecule has 0 atom stereocenters. The second kappa shape index (κ2) is 22.6. The molecular formula is C3H7Br3MgSe. The number of halogens is 3. The molecule has 0 fully saturated rings. The van der Waals surface area contributed by atoms with Crippen molar-refractivity contribution in [3.63, 3.8) is 0 Å². The van der Waals surface area contributed by atoms with Crippen molar-refractivity contribution in [2.75, 3.05) is 0 Å². The zero-order chi connectivity index (χ0) is 3.58. The topological polar surface area (TPSA) is 0 Å². The van der Waals surface area contributed by atoms with E-state index >= 15 is 0 Å². The molecule has 48 valence electrons. The Morgan fingerprint density at radius 1 is 1.00 bits per heavy atom. The molecule has 0 saturated heterocycles. The molecule has 0 aliphatic carbocycles. The van der Waals surface area contributed by atoms with Gasteiger partial charge in [-0.25, -0.2) is 0 Å². The standard InChI is InChI=1S/C3H7Se.3BrH.Mg/c1-3(2)4;;;;/h3H,1-2H3;3*1H;/q+1;;;;+2/p-3. The monoisotopic (exact) mass is 384 g/mol. The minimum atomic E-state index is 0. The normalized spacial score (nSPS) is 4.50. The van der Waals surface area contributed by atoms with E-state index in [9.17, 15) is 0 Å². The summed E-state index contributed by atoms with van der Waals surface area (Å²) in [6, 6.07) is 0. The molecule has 0 amide bonds. The Labute approximate surface area is 107 Å². The maximum Gasteiger partial charge on any atom is 2.00 e. The van der Waals surface area contributed by atoms with E-state index in [4.69, 9.17) is 0 Å². The zero-order valence-corrected chi connectivity index (χ0v) is 12.7. The van der Waals surface area contributed by atoms with Crippen molar-refractivity contribution >= 4 is 39.1 Å². The van der Waals surface area contributed by atoms with Gasteiger partial charge in [-0.1, -0.05) is 0 Å². The largest absolute Gasteiger partial charge is 2.00 e. The van der Waals surface area contributed by atoms with Crippen LogP contribution in [0.5, 0.6) is 0 Å². The predicted molar refractivity (Wildman–Crippen MR) is 26.6 cm³/mol. The van der Waals surface area contributed by atoms with E-state index in [2.05, 4.69) is 29.9 Å². The molecule has 0 heterocycles. The fraction of sp³-hybridized carbons (Fsp3) is 1.00. The fourth-order valence-electron chi connectivity index (χ4n) is 0. The molecule has 0 rings (SSSR count). The zero-order valence-electron chi connectivity index (χ0n) is 4.83. The third-order valence-corrected chi connectivity index (χ3v) is 0. The molecule has 0 unspecified atom stereocenters. The van der Waals surface area contributed by atoms with Gasteiger partial charge in [0.2, 0.25) is 0 Å². The molecule has 0 aliphatic heterocycles. The second-order valence-corrected chi connectivity index (χ2v) is 3.03. The van der Waals surface area contributed by atoms with Crippen molar-refractivity contribution in [2.45, 2.75) is 18.7 Å². The van der Waals surface area contributed by atoms with Crippen molar-refractivity contribution < 1.29 is 50.9 Å². The van der Waals surface area contributed by atoms with Crippen molar-refractivity contribution in [3.8, 4) is 0 Å². The summed E-state index contributed by atoms with van der Waals surface area (Å²) in [5.74, 6) is 0. The van der Waals surface area contributed by atoms with Gasteiger partial charge < -0.3 is 50.9 Å². The van der Waals surface area contributed by atoms with Crippen LogP contribution in [0.4, 0.5) is 0 Å². The van der Waals surface area contributed by atoms with Crippen molar-refractivity contribution in [3.05, 3.63) is 0 Å². The molecule has 2 radical (unpaired) electrons. The SMILES string of the molecule is CC(C)[Se+].[Br-].[Br-].[Br-].[Mg+2]. The summed E-state index contributed by atoms with van der Waals surface area (Å²) < 4.78 is 0. The summed E-state index contributed by atoms with van der Waals surface area (Å²) in [5, 5.41) is 0. The Kier molecular flexibility index (Phi) is 87.4. The molecule has 0 saturated carbocycles. The predicted octanol–water partition coefficient (Wildman–Crippen LogP) is -8.39. The minimum absolute atomic E-state index is 0. The van der Waals surface area contributed by atoms with Crippen LogP contribution in [0.2, 0.25) is 4.82 Å². The van der Waals surface area contributed by atoms with Crippen LogP contribution in [-0.4, -0.2) is 39.1 Å². The average Bonchev–Trinajstić information content (AvgIpc) is 0.811. The summed E-state index contributed by atoms with van der Waals surface area (Å²) in [6.45, 7) is 4.22. The van der Waals surface area contributed by atoms with Gasteiger partial charge in [-0.2, -0.15) is 0 Å². The van der Waals surface area contributed by atoms with E-state index < -0.39 is 0 Å². The van der Waals surface area contributed by atoms with Gasteiger partial charge in [0.15, 0.2) is 0 Å². The van der Waals surface area contributed by atoms with E-state index in [0.717, 1.165) is 0 Å². The molecule has 0 N–H and O–H groups in total. The van der Waals surface area contributed by atoms with Crippen molar-refractivity contribution in [2.24, 2.45) is 0 Å². The van der Waals surface area contributed by atoms with Crippen LogP contribution >= 0.6 is 0 Å². The molecule has 0 aromatic rings. The first-order valence-corrected chi connectivity index (χ1v) is 2.38. The van der Waals surface area contributed by atoms with Gasteiger partial charge in [0.25, 0.3) is 0 Å². The Morgan fingerprint density at radius 2 is 1.00 bits per heavy atom. The van der Waals surface area contributed by atoms with Gasteiger partial charge in [0, 0.05) is 0 Å². The molecule has 0 aliphatic rings. The number of hydrogen-bond donors (Lipinski definition) is 0. The van der Waals surface area contributed by atoms with Crippen LogP contribution in [0.15, 0.2) is 0 Å². The quantitative estimate of drug-likeness (QED) is 0.363. The summed E-state index contributed by atoms with van der Waals surface area (Å²) in [6.07, 6.45) is 0. The molecule has 0 spiro atoms. The molecule has 0 nitrogen and oxygen atoms in total. The maximum absolute atomic E-state index is 2.90. The van der Waals surface area contributed by atoms with Crippen LogP contribution < -0.4 is 50.9 Å². The maximum atomic E-state index is 2.90. The average molecular weight is 386 g/mol. The van der Waals surface area contributed by atoms with E-state index in [-0.39, 0.29) is 74.0 Å². The van der Waals surface area contributed by atoms with E-state index in [1.165, 1.54) is 0 Å². The first-order chi connectivity index (χ1) is 1.73. The molecule has 8 heavy (non-hydrogen) atoms.